The minimum atomic E-state index is -0.164. The molecule has 0 saturated carbocycles. The second kappa shape index (κ2) is 4.30. The van der Waals surface area contributed by atoms with Crippen molar-refractivity contribution < 1.29 is 4.79 Å². The third kappa shape index (κ3) is 1.76. The first kappa shape index (κ1) is 12.2. The molecule has 2 aromatic rings. The van der Waals surface area contributed by atoms with E-state index in [4.69, 9.17) is 0 Å². The Bertz CT molecular complexity index is 530. The van der Waals surface area contributed by atoms with E-state index in [1.165, 1.54) is 6.20 Å². The van der Waals surface area contributed by atoms with Crippen molar-refractivity contribution in [3.63, 3.8) is 0 Å². The Balaban J connectivity index is 0.00000128. The van der Waals surface area contributed by atoms with E-state index in [0.29, 0.717) is 11.2 Å². The SMILES string of the molecule is C.CNC(=O)c1cnn2c(C)cc(C)nc12. The minimum Gasteiger partial charge on any atom is -0.355 e. The van der Waals surface area contributed by atoms with E-state index in [1.54, 1.807) is 11.6 Å². The van der Waals surface area contributed by atoms with Gasteiger partial charge in [-0.1, -0.05) is 7.43 Å². The number of fused-ring (bicyclic) bond motifs is 1. The van der Waals surface area contributed by atoms with Gasteiger partial charge in [0.05, 0.1) is 6.20 Å². The molecule has 2 aromatic heterocycles. The maximum Gasteiger partial charge on any atom is 0.256 e. The van der Waals surface area contributed by atoms with E-state index in [2.05, 4.69) is 15.4 Å². The summed E-state index contributed by atoms with van der Waals surface area (Å²) in [6, 6.07) is 1.92. The molecule has 86 valence electrons. The third-order valence-electron chi connectivity index (χ3n) is 2.25. The monoisotopic (exact) mass is 220 g/mol. The van der Waals surface area contributed by atoms with Crippen molar-refractivity contribution >= 4 is 11.6 Å². The van der Waals surface area contributed by atoms with E-state index in [-0.39, 0.29) is 13.3 Å². The van der Waals surface area contributed by atoms with Crippen LogP contribution in [0.25, 0.3) is 5.65 Å². The van der Waals surface area contributed by atoms with Gasteiger partial charge >= 0.3 is 0 Å². The van der Waals surface area contributed by atoms with Gasteiger partial charge in [-0.05, 0) is 19.9 Å². The molecule has 16 heavy (non-hydrogen) atoms. The summed E-state index contributed by atoms with van der Waals surface area (Å²) in [4.78, 5) is 15.8. The summed E-state index contributed by atoms with van der Waals surface area (Å²) in [5, 5.41) is 6.69. The minimum absolute atomic E-state index is 0. The topological polar surface area (TPSA) is 59.3 Å². The molecule has 0 aliphatic heterocycles. The molecule has 2 heterocycles. The Kier molecular flexibility index (Phi) is 3.27. The molecule has 1 N–H and O–H groups in total. The second-order valence-corrected chi connectivity index (χ2v) is 3.41. The highest BCUT2D eigenvalue weighted by Crippen LogP contribution is 2.11. The number of nitrogens with one attached hydrogen (secondary N) is 1. The fraction of sp³-hybridized carbons (Fsp3) is 0.364. The predicted molar refractivity (Wildman–Crippen MR) is 62.6 cm³/mol. The fourth-order valence-corrected chi connectivity index (χ4v) is 1.57. The van der Waals surface area contributed by atoms with Crippen LogP contribution in [0.3, 0.4) is 0 Å². The van der Waals surface area contributed by atoms with Crippen molar-refractivity contribution in [1.82, 2.24) is 19.9 Å². The van der Waals surface area contributed by atoms with Crippen molar-refractivity contribution in [2.75, 3.05) is 7.05 Å². The molecule has 0 spiro atoms. The van der Waals surface area contributed by atoms with E-state index >= 15 is 0 Å². The van der Waals surface area contributed by atoms with E-state index in [1.807, 2.05) is 19.9 Å². The van der Waals surface area contributed by atoms with E-state index < -0.39 is 0 Å². The Morgan fingerprint density at radius 2 is 2.12 bits per heavy atom. The third-order valence-corrected chi connectivity index (χ3v) is 2.25. The highest BCUT2D eigenvalue weighted by molar-refractivity contribution is 5.99. The summed E-state index contributed by atoms with van der Waals surface area (Å²) in [5.74, 6) is -0.164. The molecule has 5 heteroatoms. The van der Waals surface area contributed by atoms with Crippen LogP contribution in [0.4, 0.5) is 0 Å². The molecule has 0 atom stereocenters. The lowest BCUT2D eigenvalue weighted by Gasteiger charge is -2.01. The molecule has 0 aromatic carbocycles. The summed E-state index contributed by atoms with van der Waals surface area (Å²) < 4.78 is 1.66. The van der Waals surface area contributed by atoms with Crippen LogP contribution in [0.2, 0.25) is 0 Å². The lowest BCUT2D eigenvalue weighted by atomic mass is 10.3. The first-order valence-electron chi connectivity index (χ1n) is 4.67. The molecule has 0 unspecified atom stereocenters. The number of amides is 1. The Morgan fingerprint density at radius 1 is 1.44 bits per heavy atom. The summed E-state index contributed by atoms with van der Waals surface area (Å²) in [5.41, 5.74) is 2.95. The summed E-state index contributed by atoms with van der Waals surface area (Å²) in [7, 11) is 1.59. The standard InChI is InChI=1S/C10H12N4O.CH4/c1-6-4-7(2)14-9(13-6)8(5-12-14)10(15)11-3;/h4-5H,1-3H3,(H,11,15);1H4. The van der Waals surface area contributed by atoms with Crippen molar-refractivity contribution in [1.29, 1.82) is 0 Å². The molecule has 5 nitrogen and oxygen atoms in total. The zero-order chi connectivity index (χ0) is 11.0. The summed E-state index contributed by atoms with van der Waals surface area (Å²) in [6.45, 7) is 3.83. The normalized spacial score (nSPS) is 9.94. The Labute approximate surface area is 94.5 Å². The van der Waals surface area contributed by atoms with Crippen molar-refractivity contribution in [2.24, 2.45) is 0 Å². The van der Waals surface area contributed by atoms with Crippen LogP contribution in [0, 0.1) is 13.8 Å². The van der Waals surface area contributed by atoms with Gasteiger partial charge in [-0.3, -0.25) is 4.79 Å². The predicted octanol–water partition coefficient (Wildman–Crippen LogP) is 1.34. The molecule has 0 bridgehead atoms. The van der Waals surface area contributed by atoms with Gasteiger partial charge in [-0.15, -0.1) is 0 Å². The number of carbonyl (C=O) groups is 1. The van der Waals surface area contributed by atoms with E-state index in [9.17, 15) is 4.79 Å². The van der Waals surface area contributed by atoms with Crippen LogP contribution in [0.1, 0.15) is 29.2 Å². The quantitative estimate of drug-likeness (QED) is 0.789. The second-order valence-electron chi connectivity index (χ2n) is 3.41. The van der Waals surface area contributed by atoms with Crippen LogP contribution >= 0.6 is 0 Å². The molecule has 1 amide bonds. The zero-order valence-electron chi connectivity index (χ0n) is 8.90. The van der Waals surface area contributed by atoms with Gasteiger partial charge in [0.25, 0.3) is 5.91 Å². The molecule has 0 aliphatic rings. The first-order chi connectivity index (χ1) is 7.13. The zero-order valence-corrected chi connectivity index (χ0v) is 8.90. The molecule has 2 rings (SSSR count). The van der Waals surface area contributed by atoms with Crippen LogP contribution in [-0.2, 0) is 0 Å². The number of hydrogen-bond acceptors (Lipinski definition) is 3. The summed E-state index contributed by atoms with van der Waals surface area (Å²) in [6.07, 6.45) is 1.54. The maximum atomic E-state index is 11.5. The lowest BCUT2D eigenvalue weighted by Crippen LogP contribution is -2.17. The van der Waals surface area contributed by atoms with Gasteiger partial charge in [-0.25, -0.2) is 9.50 Å². The van der Waals surface area contributed by atoms with Crippen LogP contribution in [0.5, 0.6) is 0 Å². The highest BCUT2D eigenvalue weighted by Gasteiger charge is 2.13. The molecular weight excluding hydrogens is 204 g/mol. The Morgan fingerprint density at radius 3 is 2.75 bits per heavy atom. The number of aryl methyl sites for hydroxylation is 2. The highest BCUT2D eigenvalue weighted by atomic mass is 16.1. The first-order valence-corrected chi connectivity index (χ1v) is 4.67. The van der Waals surface area contributed by atoms with Crippen molar-refractivity contribution in [3.05, 3.63) is 29.2 Å². The molecule has 0 saturated heterocycles. The summed E-state index contributed by atoms with van der Waals surface area (Å²) >= 11 is 0. The number of nitrogens with zero attached hydrogens (tertiary/aromatic N) is 3. The maximum absolute atomic E-state index is 11.5. The largest absolute Gasteiger partial charge is 0.355 e. The smallest absolute Gasteiger partial charge is 0.256 e. The average molecular weight is 220 g/mol. The lowest BCUT2D eigenvalue weighted by molar-refractivity contribution is 0.0964. The van der Waals surface area contributed by atoms with Crippen LogP contribution in [0.15, 0.2) is 12.3 Å². The average Bonchev–Trinajstić information content (AvgIpc) is 2.60. The molecule has 0 aliphatic carbocycles. The van der Waals surface area contributed by atoms with Gasteiger partial charge in [0.2, 0.25) is 0 Å². The number of hydrogen-bond donors (Lipinski definition) is 1. The van der Waals surface area contributed by atoms with Crippen LogP contribution in [-0.4, -0.2) is 27.6 Å². The van der Waals surface area contributed by atoms with Gasteiger partial charge in [0, 0.05) is 18.4 Å². The van der Waals surface area contributed by atoms with Crippen LogP contribution < -0.4 is 5.32 Å². The molecule has 0 radical (unpaired) electrons. The molecule has 0 fully saturated rings. The fourth-order valence-electron chi connectivity index (χ4n) is 1.57. The van der Waals surface area contributed by atoms with Gasteiger partial charge in [0.15, 0.2) is 5.65 Å². The van der Waals surface area contributed by atoms with Crippen molar-refractivity contribution in [3.8, 4) is 0 Å². The van der Waals surface area contributed by atoms with Gasteiger partial charge in [0.1, 0.15) is 5.56 Å². The van der Waals surface area contributed by atoms with Gasteiger partial charge < -0.3 is 5.32 Å². The number of aromatic nitrogens is 3. The van der Waals surface area contributed by atoms with Gasteiger partial charge in [-0.2, -0.15) is 5.10 Å². The van der Waals surface area contributed by atoms with E-state index in [0.717, 1.165) is 11.4 Å². The number of rotatable bonds is 1. The number of carbonyl (C=O) groups excluding carboxylic acids is 1. The van der Waals surface area contributed by atoms with Crippen molar-refractivity contribution in [2.45, 2.75) is 21.3 Å². The Hall–Kier alpha value is -1.91. The molecular formula is C11H16N4O.